The van der Waals surface area contributed by atoms with Crippen LogP contribution < -0.4 is 4.74 Å². The number of hydrogen-bond acceptors (Lipinski definition) is 3. The van der Waals surface area contributed by atoms with Crippen LogP contribution in [0.2, 0.25) is 5.02 Å². The third-order valence-electron chi connectivity index (χ3n) is 1.33. The highest BCUT2D eigenvalue weighted by atomic mass is 35.5. The van der Waals surface area contributed by atoms with Crippen molar-refractivity contribution in [1.29, 1.82) is 5.26 Å². The van der Waals surface area contributed by atoms with Gasteiger partial charge in [-0.05, 0) is 18.2 Å². The summed E-state index contributed by atoms with van der Waals surface area (Å²) in [5, 5.41) is 17.1. The maximum Gasteiger partial charge on any atom is 0.339 e. The fourth-order valence-electron chi connectivity index (χ4n) is 0.808. The minimum absolute atomic E-state index is 0.0144. The van der Waals surface area contributed by atoms with Gasteiger partial charge in [-0.3, -0.25) is 0 Å². The Morgan fingerprint density at radius 3 is 2.85 bits per heavy atom. The number of rotatable bonds is 2. The van der Waals surface area contributed by atoms with E-state index < -0.39 is 5.97 Å². The van der Waals surface area contributed by atoms with Crippen molar-refractivity contribution in [3.05, 3.63) is 28.8 Å². The van der Waals surface area contributed by atoms with E-state index in [-0.39, 0.29) is 16.3 Å². The minimum atomic E-state index is -1.19. The van der Waals surface area contributed by atoms with E-state index in [4.69, 9.17) is 22.0 Å². The number of benzene rings is 1. The molecule has 0 radical (unpaired) electrons. The Morgan fingerprint density at radius 2 is 2.31 bits per heavy atom. The summed E-state index contributed by atoms with van der Waals surface area (Å²) >= 11 is 5.56. The summed E-state index contributed by atoms with van der Waals surface area (Å²) in [5.41, 5.74) is -0.131. The molecule has 0 heterocycles. The van der Waals surface area contributed by atoms with E-state index >= 15 is 0 Å². The van der Waals surface area contributed by atoms with E-state index in [0.29, 0.717) is 0 Å². The fraction of sp³-hybridized carbons (Fsp3) is 0. The predicted molar refractivity (Wildman–Crippen MR) is 44.7 cm³/mol. The van der Waals surface area contributed by atoms with Crippen LogP contribution in [-0.2, 0) is 0 Å². The van der Waals surface area contributed by atoms with Crippen LogP contribution in [0.4, 0.5) is 0 Å². The number of ether oxygens (including phenoxy) is 1. The largest absolute Gasteiger partial charge is 0.478 e. The van der Waals surface area contributed by atoms with Crippen molar-refractivity contribution in [3.8, 4) is 12.0 Å². The van der Waals surface area contributed by atoms with E-state index in [0.717, 1.165) is 0 Å². The number of halogens is 1. The topological polar surface area (TPSA) is 70.3 Å². The first-order valence-corrected chi connectivity index (χ1v) is 3.61. The number of aromatic carboxylic acids is 1. The maximum absolute atomic E-state index is 10.6. The molecule has 0 bridgehead atoms. The van der Waals surface area contributed by atoms with Crippen LogP contribution in [0.25, 0.3) is 0 Å². The molecule has 4 nitrogen and oxygen atoms in total. The van der Waals surface area contributed by atoms with Gasteiger partial charge < -0.3 is 9.84 Å². The summed E-state index contributed by atoms with van der Waals surface area (Å²) in [6, 6.07) is 3.99. The lowest BCUT2D eigenvalue weighted by Crippen LogP contribution is -1.99. The van der Waals surface area contributed by atoms with Gasteiger partial charge in [0.2, 0.25) is 0 Å². The van der Waals surface area contributed by atoms with Crippen molar-refractivity contribution >= 4 is 17.6 Å². The third kappa shape index (κ3) is 2.10. The summed E-state index contributed by atoms with van der Waals surface area (Å²) in [6.07, 6.45) is 1.39. The highest BCUT2D eigenvalue weighted by Gasteiger charge is 2.11. The second kappa shape index (κ2) is 3.78. The van der Waals surface area contributed by atoms with Gasteiger partial charge in [-0.1, -0.05) is 11.6 Å². The number of carbonyl (C=O) groups is 1. The molecule has 1 aromatic rings. The van der Waals surface area contributed by atoms with Gasteiger partial charge in [-0.25, -0.2) is 4.79 Å². The summed E-state index contributed by atoms with van der Waals surface area (Å²) in [7, 11) is 0. The van der Waals surface area contributed by atoms with Gasteiger partial charge in [0.05, 0.1) is 0 Å². The summed E-state index contributed by atoms with van der Waals surface area (Å²) in [5.74, 6) is -1.20. The van der Waals surface area contributed by atoms with Crippen LogP contribution in [0.5, 0.6) is 5.75 Å². The molecule has 1 aromatic carbocycles. The zero-order chi connectivity index (χ0) is 9.84. The van der Waals surface area contributed by atoms with Crippen molar-refractivity contribution in [2.24, 2.45) is 0 Å². The standard InChI is InChI=1S/C8H4ClNO3/c9-5-1-2-7(13-4-10)6(3-5)8(11)12/h1-3H,(H,11,12). The zero-order valence-electron chi connectivity index (χ0n) is 6.32. The number of carboxylic acids is 1. The lowest BCUT2D eigenvalue weighted by molar-refractivity contribution is 0.0694. The van der Waals surface area contributed by atoms with Gasteiger partial charge in [-0.2, -0.15) is 0 Å². The molecule has 0 spiro atoms. The van der Waals surface area contributed by atoms with Gasteiger partial charge in [0, 0.05) is 5.02 Å². The average Bonchev–Trinajstić information content (AvgIpc) is 2.08. The zero-order valence-corrected chi connectivity index (χ0v) is 7.08. The fourth-order valence-corrected chi connectivity index (χ4v) is 0.980. The lowest BCUT2D eigenvalue weighted by Gasteiger charge is -2.01. The quantitative estimate of drug-likeness (QED) is 0.735. The molecule has 0 saturated heterocycles. The summed E-state index contributed by atoms with van der Waals surface area (Å²) < 4.78 is 4.42. The van der Waals surface area contributed by atoms with Gasteiger partial charge in [-0.15, -0.1) is 5.26 Å². The maximum atomic E-state index is 10.6. The highest BCUT2D eigenvalue weighted by Crippen LogP contribution is 2.22. The number of nitriles is 1. The van der Waals surface area contributed by atoms with E-state index in [1.54, 1.807) is 0 Å². The average molecular weight is 198 g/mol. The van der Waals surface area contributed by atoms with Crippen LogP contribution in [0.15, 0.2) is 18.2 Å². The molecule has 1 rings (SSSR count). The van der Waals surface area contributed by atoms with E-state index in [9.17, 15) is 4.79 Å². The molecule has 13 heavy (non-hydrogen) atoms. The number of hydrogen-bond donors (Lipinski definition) is 1. The van der Waals surface area contributed by atoms with Crippen LogP contribution in [0, 0.1) is 11.5 Å². The van der Waals surface area contributed by atoms with Gasteiger partial charge in [0.15, 0.2) is 5.75 Å². The molecule has 0 aliphatic heterocycles. The molecule has 0 fully saturated rings. The Kier molecular flexibility index (Phi) is 2.72. The van der Waals surface area contributed by atoms with E-state index in [1.807, 2.05) is 0 Å². The van der Waals surface area contributed by atoms with Gasteiger partial charge >= 0.3 is 5.97 Å². The van der Waals surface area contributed by atoms with Crippen LogP contribution in [-0.4, -0.2) is 11.1 Å². The van der Waals surface area contributed by atoms with Crippen LogP contribution >= 0.6 is 11.6 Å². The van der Waals surface area contributed by atoms with E-state index in [1.165, 1.54) is 24.5 Å². The smallest absolute Gasteiger partial charge is 0.339 e. The second-order valence-corrected chi connectivity index (χ2v) is 2.58. The first-order chi connectivity index (χ1) is 6.15. The summed E-state index contributed by atoms with van der Waals surface area (Å²) in [4.78, 5) is 10.6. The molecule has 0 amide bonds. The first kappa shape index (κ1) is 9.36. The Balaban J connectivity index is 3.20. The molecule has 66 valence electrons. The molecule has 5 heteroatoms. The van der Waals surface area contributed by atoms with Crippen molar-refractivity contribution < 1.29 is 14.6 Å². The normalized spacial score (nSPS) is 8.92. The second-order valence-electron chi connectivity index (χ2n) is 2.14. The number of carboxylic acid groups (broad SMARTS) is 1. The van der Waals surface area contributed by atoms with Crippen molar-refractivity contribution in [1.82, 2.24) is 0 Å². The Morgan fingerprint density at radius 1 is 1.62 bits per heavy atom. The van der Waals surface area contributed by atoms with Crippen molar-refractivity contribution in [2.75, 3.05) is 0 Å². The molecule has 1 N–H and O–H groups in total. The Labute approximate surface area is 78.9 Å². The number of nitrogens with zero attached hydrogens (tertiary/aromatic N) is 1. The molecule has 0 aliphatic rings. The van der Waals surface area contributed by atoms with Crippen LogP contribution in [0.1, 0.15) is 10.4 Å². The van der Waals surface area contributed by atoms with Crippen molar-refractivity contribution in [3.63, 3.8) is 0 Å². The molecular formula is C8H4ClNO3. The van der Waals surface area contributed by atoms with Crippen molar-refractivity contribution in [2.45, 2.75) is 0 Å². The Hall–Kier alpha value is -1.73. The molecule has 0 saturated carbocycles. The predicted octanol–water partition coefficient (Wildman–Crippen LogP) is 1.90. The van der Waals surface area contributed by atoms with Gasteiger partial charge in [0.1, 0.15) is 5.56 Å². The van der Waals surface area contributed by atoms with Gasteiger partial charge in [0.25, 0.3) is 6.26 Å². The third-order valence-corrected chi connectivity index (χ3v) is 1.56. The molecular weight excluding hydrogens is 194 g/mol. The monoisotopic (exact) mass is 197 g/mol. The molecule has 0 aromatic heterocycles. The molecule has 0 unspecified atom stereocenters. The lowest BCUT2D eigenvalue weighted by atomic mass is 10.2. The minimum Gasteiger partial charge on any atom is -0.478 e. The SMILES string of the molecule is N#COc1ccc(Cl)cc1C(=O)O. The summed E-state index contributed by atoms with van der Waals surface area (Å²) in [6.45, 7) is 0. The molecule has 0 atom stereocenters. The highest BCUT2D eigenvalue weighted by molar-refractivity contribution is 6.31. The molecule has 0 aliphatic carbocycles. The Bertz CT molecular complexity index is 383. The van der Waals surface area contributed by atoms with Crippen LogP contribution in [0.3, 0.4) is 0 Å². The van der Waals surface area contributed by atoms with E-state index in [2.05, 4.69) is 4.74 Å². The first-order valence-electron chi connectivity index (χ1n) is 3.24.